The van der Waals surface area contributed by atoms with Crippen LogP contribution in [0.4, 0.5) is 5.82 Å². The molecule has 136 valence electrons. The number of carbonyl (C=O) groups is 1. The summed E-state index contributed by atoms with van der Waals surface area (Å²) in [5.41, 5.74) is 2.31. The highest BCUT2D eigenvalue weighted by Gasteiger charge is 2.28. The molecule has 1 aromatic carbocycles. The van der Waals surface area contributed by atoms with Gasteiger partial charge in [-0.2, -0.15) is 0 Å². The molecule has 1 atom stereocenters. The number of furan rings is 1. The van der Waals surface area contributed by atoms with E-state index < -0.39 is 0 Å². The number of ether oxygens (including phenoxy) is 1. The standard InChI is InChI=1S/C19H22N4O3/c1-25-10-8-20-19(24)13-5-4-9-23(11-13)18-17-16(21-12-22-18)14-6-2-3-7-15(14)26-17/h2-3,6-7,12-13H,4-5,8-11H2,1H3,(H,20,24)/t13-/m1/s1. The summed E-state index contributed by atoms with van der Waals surface area (Å²) in [4.78, 5) is 23.4. The predicted octanol–water partition coefficient (Wildman–Crippen LogP) is 2.35. The minimum atomic E-state index is -0.0602. The first-order chi connectivity index (χ1) is 12.8. The van der Waals surface area contributed by atoms with Gasteiger partial charge in [0.2, 0.25) is 5.91 Å². The molecule has 0 unspecified atom stereocenters. The van der Waals surface area contributed by atoms with Crippen molar-refractivity contribution in [3.63, 3.8) is 0 Å². The molecule has 1 N–H and O–H groups in total. The van der Waals surface area contributed by atoms with Crippen molar-refractivity contribution in [3.8, 4) is 0 Å². The van der Waals surface area contributed by atoms with E-state index in [0.717, 1.165) is 41.7 Å². The summed E-state index contributed by atoms with van der Waals surface area (Å²) >= 11 is 0. The van der Waals surface area contributed by atoms with Gasteiger partial charge in [0.05, 0.1) is 12.5 Å². The van der Waals surface area contributed by atoms with Crippen molar-refractivity contribution in [2.24, 2.45) is 5.92 Å². The summed E-state index contributed by atoms with van der Waals surface area (Å²) in [6.45, 7) is 2.54. The summed E-state index contributed by atoms with van der Waals surface area (Å²) in [5.74, 6) is 0.775. The lowest BCUT2D eigenvalue weighted by Gasteiger charge is -2.32. The molecule has 4 rings (SSSR count). The van der Waals surface area contributed by atoms with Crippen LogP contribution >= 0.6 is 0 Å². The summed E-state index contributed by atoms with van der Waals surface area (Å²) in [6, 6.07) is 7.85. The number of amides is 1. The van der Waals surface area contributed by atoms with Gasteiger partial charge in [-0.15, -0.1) is 0 Å². The molecule has 0 aliphatic carbocycles. The maximum Gasteiger partial charge on any atom is 0.224 e. The number of piperidine rings is 1. The number of nitrogens with zero attached hydrogens (tertiary/aromatic N) is 3. The fourth-order valence-corrected chi connectivity index (χ4v) is 3.54. The summed E-state index contributed by atoms with van der Waals surface area (Å²) in [7, 11) is 1.63. The molecule has 0 saturated carbocycles. The Balaban J connectivity index is 1.60. The number of hydrogen-bond donors (Lipinski definition) is 1. The van der Waals surface area contributed by atoms with E-state index in [2.05, 4.69) is 20.2 Å². The Bertz CT molecular complexity index is 923. The van der Waals surface area contributed by atoms with Crippen LogP contribution < -0.4 is 10.2 Å². The van der Waals surface area contributed by atoms with Crippen molar-refractivity contribution in [1.29, 1.82) is 0 Å². The second-order valence-corrected chi connectivity index (χ2v) is 6.54. The number of nitrogens with one attached hydrogen (secondary N) is 1. The van der Waals surface area contributed by atoms with Crippen molar-refractivity contribution in [2.75, 3.05) is 38.3 Å². The maximum absolute atomic E-state index is 12.4. The van der Waals surface area contributed by atoms with Crippen LogP contribution in [0.1, 0.15) is 12.8 Å². The minimum Gasteiger partial charge on any atom is -0.450 e. The highest BCUT2D eigenvalue weighted by Crippen LogP contribution is 2.33. The first-order valence-corrected chi connectivity index (χ1v) is 8.92. The number of aromatic nitrogens is 2. The van der Waals surface area contributed by atoms with Crippen LogP contribution in [0.2, 0.25) is 0 Å². The Morgan fingerprint density at radius 2 is 2.27 bits per heavy atom. The molecule has 1 aliphatic rings. The SMILES string of the molecule is COCCNC(=O)[C@@H]1CCCN(c2ncnc3c2oc2ccccc23)C1. The van der Waals surface area contributed by atoms with Crippen molar-refractivity contribution >= 4 is 33.8 Å². The molecule has 0 radical (unpaired) electrons. The number of methoxy groups -OCH3 is 1. The molecule has 1 fully saturated rings. The van der Waals surface area contributed by atoms with E-state index in [4.69, 9.17) is 9.15 Å². The molecular weight excluding hydrogens is 332 g/mol. The monoisotopic (exact) mass is 354 g/mol. The number of benzene rings is 1. The van der Waals surface area contributed by atoms with Gasteiger partial charge in [0, 0.05) is 32.1 Å². The highest BCUT2D eigenvalue weighted by atomic mass is 16.5. The van der Waals surface area contributed by atoms with Gasteiger partial charge in [0.15, 0.2) is 11.4 Å². The number of para-hydroxylation sites is 1. The van der Waals surface area contributed by atoms with Gasteiger partial charge < -0.3 is 19.4 Å². The molecule has 1 aliphatic heterocycles. The van der Waals surface area contributed by atoms with Crippen molar-refractivity contribution in [3.05, 3.63) is 30.6 Å². The average Bonchev–Trinajstić information content (AvgIpc) is 3.07. The van der Waals surface area contributed by atoms with Crippen molar-refractivity contribution in [1.82, 2.24) is 15.3 Å². The number of anilines is 1. The van der Waals surface area contributed by atoms with E-state index >= 15 is 0 Å². The topological polar surface area (TPSA) is 80.5 Å². The Morgan fingerprint density at radius 3 is 3.15 bits per heavy atom. The number of carbonyl (C=O) groups excluding carboxylic acids is 1. The third-order valence-corrected chi connectivity index (χ3v) is 4.84. The first-order valence-electron chi connectivity index (χ1n) is 8.92. The van der Waals surface area contributed by atoms with E-state index in [1.807, 2.05) is 24.3 Å². The van der Waals surface area contributed by atoms with E-state index in [1.165, 1.54) is 0 Å². The fourth-order valence-electron chi connectivity index (χ4n) is 3.54. The van der Waals surface area contributed by atoms with Gasteiger partial charge in [-0.05, 0) is 25.0 Å². The lowest BCUT2D eigenvalue weighted by atomic mass is 9.97. The first kappa shape index (κ1) is 16.8. The van der Waals surface area contributed by atoms with Crippen LogP contribution in [-0.2, 0) is 9.53 Å². The molecule has 0 spiro atoms. The van der Waals surface area contributed by atoms with Gasteiger partial charge >= 0.3 is 0 Å². The predicted molar refractivity (Wildman–Crippen MR) is 99.1 cm³/mol. The Labute approximate surface area is 151 Å². The minimum absolute atomic E-state index is 0.0602. The third kappa shape index (κ3) is 3.10. The van der Waals surface area contributed by atoms with E-state index in [0.29, 0.717) is 25.3 Å². The van der Waals surface area contributed by atoms with Crippen LogP contribution in [-0.4, -0.2) is 49.2 Å². The summed E-state index contributed by atoms with van der Waals surface area (Å²) in [5, 5.41) is 3.92. The molecule has 1 amide bonds. The zero-order valence-corrected chi connectivity index (χ0v) is 14.8. The Kier molecular flexibility index (Phi) is 4.71. The summed E-state index contributed by atoms with van der Waals surface area (Å²) < 4.78 is 11.0. The smallest absolute Gasteiger partial charge is 0.224 e. The second kappa shape index (κ2) is 7.29. The van der Waals surface area contributed by atoms with E-state index in [1.54, 1.807) is 13.4 Å². The molecule has 3 aromatic rings. The Hall–Kier alpha value is -2.67. The quantitative estimate of drug-likeness (QED) is 0.709. The molecule has 7 heteroatoms. The summed E-state index contributed by atoms with van der Waals surface area (Å²) in [6.07, 6.45) is 3.39. The van der Waals surface area contributed by atoms with Gasteiger partial charge in [-0.25, -0.2) is 9.97 Å². The lowest BCUT2D eigenvalue weighted by Crippen LogP contribution is -2.44. The number of rotatable bonds is 5. The van der Waals surface area contributed by atoms with Crippen LogP contribution in [0.3, 0.4) is 0 Å². The maximum atomic E-state index is 12.4. The molecule has 7 nitrogen and oxygen atoms in total. The van der Waals surface area contributed by atoms with Crippen molar-refractivity contribution in [2.45, 2.75) is 12.8 Å². The van der Waals surface area contributed by atoms with Crippen LogP contribution in [0.25, 0.3) is 22.1 Å². The van der Waals surface area contributed by atoms with Crippen LogP contribution in [0, 0.1) is 5.92 Å². The molecular formula is C19H22N4O3. The van der Waals surface area contributed by atoms with Gasteiger partial charge in [0.1, 0.15) is 17.4 Å². The molecule has 3 heterocycles. The molecule has 26 heavy (non-hydrogen) atoms. The highest BCUT2D eigenvalue weighted by molar-refractivity contribution is 6.05. The molecule has 1 saturated heterocycles. The molecule has 2 aromatic heterocycles. The molecule has 0 bridgehead atoms. The third-order valence-electron chi connectivity index (χ3n) is 4.84. The Morgan fingerprint density at radius 1 is 1.38 bits per heavy atom. The number of fused-ring (bicyclic) bond motifs is 3. The van der Waals surface area contributed by atoms with Gasteiger partial charge in [0.25, 0.3) is 0 Å². The van der Waals surface area contributed by atoms with Crippen molar-refractivity contribution < 1.29 is 13.9 Å². The average molecular weight is 354 g/mol. The van der Waals surface area contributed by atoms with Crippen LogP contribution in [0.15, 0.2) is 35.0 Å². The van der Waals surface area contributed by atoms with Gasteiger partial charge in [-0.3, -0.25) is 4.79 Å². The zero-order valence-electron chi connectivity index (χ0n) is 14.8. The normalized spacial score (nSPS) is 17.7. The van der Waals surface area contributed by atoms with E-state index in [-0.39, 0.29) is 11.8 Å². The number of hydrogen-bond acceptors (Lipinski definition) is 6. The zero-order chi connectivity index (χ0) is 17.9. The lowest BCUT2D eigenvalue weighted by molar-refractivity contribution is -0.125. The second-order valence-electron chi connectivity index (χ2n) is 6.54. The van der Waals surface area contributed by atoms with Crippen LogP contribution in [0.5, 0.6) is 0 Å². The van der Waals surface area contributed by atoms with Gasteiger partial charge in [-0.1, -0.05) is 12.1 Å². The largest absolute Gasteiger partial charge is 0.450 e. The fraction of sp³-hybridized carbons (Fsp3) is 0.421. The van der Waals surface area contributed by atoms with E-state index in [9.17, 15) is 4.79 Å².